The lowest BCUT2D eigenvalue weighted by Crippen LogP contribution is -2.55. The van der Waals surface area contributed by atoms with E-state index in [4.69, 9.17) is 5.73 Å². The molecule has 4 rings (SSSR count). The Kier molecular flexibility index (Phi) is 8.72. The van der Waals surface area contributed by atoms with Gasteiger partial charge >= 0.3 is 6.18 Å². The predicted octanol–water partition coefficient (Wildman–Crippen LogP) is 4.10. The van der Waals surface area contributed by atoms with Gasteiger partial charge in [-0.25, -0.2) is 13.2 Å². The van der Waals surface area contributed by atoms with E-state index in [2.05, 4.69) is 10.3 Å². The monoisotopic (exact) mass is 529 g/mol. The molecular weight excluding hydrogens is 500 g/mol. The van der Waals surface area contributed by atoms with Gasteiger partial charge in [-0.15, -0.1) is 0 Å². The first-order valence-corrected chi connectivity index (χ1v) is 11.9. The number of amides is 1. The Morgan fingerprint density at radius 1 is 1.14 bits per heavy atom. The highest BCUT2D eigenvalue weighted by Crippen LogP contribution is 2.37. The number of carbonyl (C=O) groups excluding carboxylic acids is 1. The van der Waals surface area contributed by atoms with Gasteiger partial charge < -0.3 is 20.9 Å². The van der Waals surface area contributed by atoms with Gasteiger partial charge in [0.05, 0.1) is 17.9 Å². The number of hydrogen-bond acceptors (Lipinski definition) is 5. The summed E-state index contributed by atoms with van der Waals surface area (Å²) in [6.45, 7) is 5.61. The molecule has 12 heteroatoms. The van der Waals surface area contributed by atoms with Gasteiger partial charge in [0, 0.05) is 49.1 Å². The number of pyridine rings is 1. The minimum Gasteiger partial charge on any atom is -0.356 e. The lowest BCUT2D eigenvalue weighted by atomic mass is 10.0. The van der Waals surface area contributed by atoms with Crippen LogP contribution in [0.4, 0.5) is 26.3 Å². The molecule has 0 aliphatic carbocycles. The molecule has 2 aliphatic rings. The van der Waals surface area contributed by atoms with Gasteiger partial charge in [-0.05, 0) is 37.1 Å². The molecule has 0 bridgehead atoms. The molecule has 37 heavy (non-hydrogen) atoms. The summed E-state index contributed by atoms with van der Waals surface area (Å²) < 4.78 is 81.6. The maximum atomic E-state index is 13.9. The van der Waals surface area contributed by atoms with Crippen molar-refractivity contribution in [3.05, 3.63) is 70.4 Å². The van der Waals surface area contributed by atoms with Crippen LogP contribution in [0.25, 0.3) is 5.70 Å². The SMILES string of the molecule is CC.Cc1cc(C2=C3CN(C(=O)CC(N)Cc4cc(F)c(F)cc4F)CCN3C(C(F)(F)F)N2)ccn1. The largest absolute Gasteiger partial charge is 0.427 e. The fourth-order valence-corrected chi connectivity index (χ4v) is 4.37. The van der Waals surface area contributed by atoms with Gasteiger partial charge in [0.15, 0.2) is 17.8 Å². The van der Waals surface area contributed by atoms with Crippen molar-refractivity contribution >= 4 is 11.6 Å². The second-order valence-corrected chi connectivity index (χ2v) is 8.63. The molecule has 6 nitrogen and oxygen atoms in total. The molecule has 1 amide bonds. The Bertz CT molecular complexity index is 1170. The molecule has 2 aromatic rings. The van der Waals surface area contributed by atoms with Crippen LogP contribution >= 0.6 is 0 Å². The van der Waals surface area contributed by atoms with Crippen LogP contribution in [-0.4, -0.2) is 58.7 Å². The van der Waals surface area contributed by atoms with Gasteiger partial charge in [-0.2, -0.15) is 13.2 Å². The first-order valence-electron chi connectivity index (χ1n) is 11.9. The second kappa shape index (κ2) is 11.4. The number of halogens is 6. The lowest BCUT2D eigenvalue weighted by Gasteiger charge is -2.38. The smallest absolute Gasteiger partial charge is 0.356 e. The van der Waals surface area contributed by atoms with Crippen molar-refractivity contribution in [2.75, 3.05) is 19.6 Å². The minimum absolute atomic E-state index is 0.0332. The summed E-state index contributed by atoms with van der Waals surface area (Å²) in [5, 5.41) is 2.55. The van der Waals surface area contributed by atoms with Crippen molar-refractivity contribution in [1.82, 2.24) is 20.1 Å². The molecule has 1 fully saturated rings. The molecule has 1 saturated heterocycles. The van der Waals surface area contributed by atoms with Crippen LogP contribution < -0.4 is 11.1 Å². The number of hydrogen-bond donors (Lipinski definition) is 2. The fraction of sp³-hybridized carbons (Fsp3) is 0.440. The van der Waals surface area contributed by atoms with E-state index in [-0.39, 0.29) is 43.7 Å². The van der Waals surface area contributed by atoms with Crippen molar-refractivity contribution in [1.29, 1.82) is 0 Å². The third-order valence-electron chi connectivity index (χ3n) is 6.04. The van der Waals surface area contributed by atoms with E-state index in [0.29, 0.717) is 29.1 Å². The van der Waals surface area contributed by atoms with E-state index in [1.54, 1.807) is 19.1 Å². The van der Waals surface area contributed by atoms with Crippen molar-refractivity contribution in [3.63, 3.8) is 0 Å². The quantitative estimate of drug-likeness (QED) is 0.451. The molecule has 2 unspecified atom stereocenters. The summed E-state index contributed by atoms with van der Waals surface area (Å²) in [6, 6.07) is 3.45. The maximum absolute atomic E-state index is 13.9. The zero-order chi connectivity index (χ0) is 27.5. The number of aryl methyl sites for hydroxylation is 1. The molecular formula is C25H29F6N5O. The number of fused-ring (bicyclic) bond motifs is 1. The lowest BCUT2D eigenvalue weighted by molar-refractivity contribution is -0.182. The van der Waals surface area contributed by atoms with Gasteiger partial charge in [0.2, 0.25) is 5.91 Å². The highest BCUT2D eigenvalue weighted by molar-refractivity contribution is 5.78. The number of nitrogens with zero attached hydrogens (tertiary/aromatic N) is 3. The molecule has 0 saturated carbocycles. The van der Waals surface area contributed by atoms with E-state index in [1.165, 1.54) is 16.0 Å². The first-order chi connectivity index (χ1) is 17.4. The number of rotatable bonds is 5. The summed E-state index contributed by atoms with van der Waals surface area (Å²) in [5.74, 6) is -3.97. The average Bonchev–Trinajstić information content (AvgIpc) is 3.23. The van der Waals surface area contributed by atoms with Crippen LogP contribution in [-0.2, 0) is 11.2 Å². The molecule has 1 aromatic carbocycles. The van der Waals surface area contributed by atoms with E-state index >= 15 is 0 Å². The zero-order valence-corrected chi connectivity index (χ0v) is 20.7. The van der Waals surface area contributed by atoms with E-state index in [9.17, 15) is 31.1 Å². The Morgan fingerprint density at radius 3 is 2.46 bits per heavy atom. The second-order valence-electron chi connectivity index (χ2n) is 8.63. The van der Waals surface area contributed by atoms with Crippen LogP contribution in [0.15, 0.2) is 36.2 Å². The van der Waals surface area contributed by atoms with Gasteiger partial charge in [-0.3, -0.25) is 9.78 Å². The van der Waals surface area contributed by atoms with Crippen molar-refractivity contribution in [2.24, 2.45) is 5.73 Å². The average molecular weight is 530 g/mol. The molecule has 3 heterocycles. The summed E-state index contributed by atoms with van der Waals surface area (Å²) in [5.41, 5.74) is 7.53. The number of alkyl halides is 3. The highest BCUT2D eigenvalue weighted by atomic mass is 19.4. The van der Waals surface area contributed by atoms with Crippen LogP contribution in [0.3, 0.4) is 0 Å². The zero-order valence-electron chi connectivity index (χ0n) is 20.7. The topological polar surface area (TPSA) is 74.5 Å². The third-order valence-corrected chi connectivity index (χ3v) is 6.04. The fourth-order valence-electron chi connectivity index (χ4n) is 4.37. The minimum atomic E-state index is -4.54. The summed E-state index contributed by atoms with van der Waals surface area (Å²) >= 11 is 0. The van der Waals surface area contributed by atoms with E-state index < -0.39 is 41.7 Å². The summed E-state index contributed by atoms with van der Waals surface area (Å²) in [4.78, 5) is 19.6. The van der Waals surface area contributed by atoms with Crippen molar-refractivity contribution < 1.29 is 31.1 Å². The van der Waals surface area contributed by atoms with Gasteiger partial charge in [0.25, 0.3) is 0 Å². The van der Waals surface area contributed by atoms with Crippen molar-refractivity contribution in [3.8, 4) is 0 Å². The number of benzene rings is 1. The molecule has 0 spiro atoms. The Morgan fingerprint density at radius 2 is 1.81 bits per heavy atom. The van der Waals surface area contributed by atoms with E-state index in [0.717, 1.165) is 0 Å². The molecule has 2 aliphatic heterocycles. The van der Waals surface area contributed by atoms with Crippen molar-refractivity contribution in [2.45, 2.75) is 52.0 Å². The number of nitrogens with two attached hydrogens (primary N) is 1. The standard InChI is InChI=1S/C23H23F6N5O.C2H6/c1-12-6-13(2-3-31-12)21-19-11-33(4-5-34(19)22(32-21)23(27,28)29)20(35)9-15(30)7-14-8-17(25)18(26)10-16(14)24;1-2/h2-3,6,8,10,15,22,32H,4-5,7,9,11,30H2,1H3;1-2H3. The molecule has 0 radical (unpaired) electrons. The maximum Gasteiger partial charge on any atom is 0.427 e. The first kappa shape index (κ1) is 28.3. The molecule has 1 aromatic heterocycles. The predicted molar refractivity (Wildman–Crippen MR) is 126 cm³/mol. The normalized spacial score (nSPS) is 18.2. The highest BCUT2D eigenvalue weighted by Gasteiger charge is 2.50. The molecule has 3 N–H and O–H groups in total. The summed E-state index contributed by atoms with van der Waals surface area (Å²) in [7, 11) is 0. The third kappa shape index (κ3) is 6.35. The van der Waals surface area contributed by atoms with Crippen LogP contribution in [0.2, 0.25) is 0 Å². The van der Waals surface area contributed by atoms with Gasteiger partial charge in [-0.1, -0.05) is 13.8 Å². The number of piperazine rings is 1. The van der Waals surface area contributed by atoms with Crippen LogP contribution in [0.1, 0.15) is 37.1 Å². The Balaban J connectivity index is 0.00000186. The number of aromatic nitrogens is 1. The van der Waals surface area contributed by atoms with Crippen LogP contribution in [0.5, 0.6) is 0 Å². The van der Waals surface area contributed by atoms with E-state index in [1.807, 2.05) is 13.8 Å². The summed E-state index contributed by atoms with van der Waals surface area (Å²) in [6.07, 6.45) is -5.43. The van der Waals surface area contributed by atoms with Gasteiger partial charge in [0.1, 0.15) is 5.82 Å². The number of carbonyl (C=O) groups is 1. The van der Waals surface area contributed by atoms with Crippen LogP contribution in [0, 0.1) is 24.4 Å². The Hall–Kier alpha value is -3.28. The Labute approximate surface area is 211 Å². The molecule has 202 valence electrons. The number of nitrogens with one attached hydrogen (secondary N) is 1. The molecule has 2 atom stereocenters.